The van der Waals surface area contributed by atoms with Crippen LogP contribution in [0.1, 0.15) is 35.3 Å². The molecular formula is C14H15ClN2OS. The molecule has 0 aliphatic carbocycles. The topological polar surface area (TPSA) is 42.0 Å². The molecule has 3 nitrogen and oxygen atoms in total. The number of thiophene rings is 1. The number of amides is 1. The van der Waals surface area contributed by atoms with Gasteiger partial charge in [0, 0.05) is 16.1 Å². The molecule has 0 aliphatic rings. The van der Waals surface area contributed by atoms with Crippen LogP contribution in [0.15, 0.2) is 35.8 Å². The summed E-state index contributed by atoms with van der Waals surface area (Å²) in [5.74, 6) is 0.108. The molecule has 2 rings (SSSR count). The summed E-state index contributed by atoms with van der Waals surface area (Å²) >= 11 is 7.51. The highest BCUT2D eigenvalue weighted by molar-refractivity contribution is 7.10. The van der Waals surface area contributed by atoms with Crippen LogP contribution in [0.5, 0.6) is 0 Å². The molecule has 0 aromatic carbocycles. The quantitative estimate of drug-likeness (QED) is 0.928. The number of nitrogens with one attached hydrogen (secondary N) is 1. The average Bonchev–Trinajstić information content (AvgIpc) is 2.88. The maximum Gasteiger partial charge on any atom is 0.270 e. The number of aromatic nitrogens is 1. The Kier molecular flexibility index (Phi) is 4.56. The first-order valence-corrected chi connectivity index (χ1v) is 7.29. The second kappa shape index (κ2) is 6.17. The van der Waals surface area contributed by atoms with E-state index in [1.165, 1.54) is 6.20 Å². The number of halogens is 1. The minimum Gasteiger partial charge on any atom is -0.343 e. The summed E-state index contributed by atoms with van der Waals surface area (Å²) in [7, 11) is 0. The number of hydrogen-bond acceptors (Lipinski definition) is 3. The summed E-state index contributed by atoms with van der Waals surface area (Å²) in [4.78, 5) is 17.4. The third-order valence-electron chi connectivity index (χ3n) is 2.76. The Hall–Kier alpha value is -1.39. The molecule has 1 atom stereocenters. The number of nitrogens with zero attached hydrogens (tertiary/aromatic N) is 1. The van der Waals surface area contributed by atoms with Crippen molar-refractivity contribution in [2.45, 2.75) is 19.9 Å². The molecule has 5 heteroatoms. The van der Waals surface area contributed by atoms with Crippen molar-refractivity contribution < 1.29 is 4.79 Å². The zero-order chi connectivity index (χ0) is 13.8. The zero-order valence-corrected chi connectivity index (χ0v) is 12.3. The molecule has 1 amide bonds. The Morgan fingerprint density at radius 1 is 1.42 bits per heavy atom. The number of pyridine rings is 1. The molecule has 0 fully saturated rings. The molecule has 2 aromatic rings. The lowest BCUT2D eigenvalue weighted by molar-refractivity contribution is 0.0921. The lowest BCUT2D eigenvalue weighted by atomic mass is 10.0. The van der Waals surface area contributed by atoms with Crippen molar-refractivity contribution in [3.63, 3.8) is 0 Å². The summed E-state index contributed by atoms with van der Waals surface area (Å²) in [5, 5.41) is 5.53. The van der Waals surface area contributed by atoms with Crippen molar-refractivity contribution in [2.75, 3.05) is 0 Å². The molecule has 0 radical (unpaired) electrons. The number of hydrogen-bond donors (Lipinski definition) is 1. The predicted molar refractivity (Wildman–Crippen MR) is 78.6 cm³/mol. The fourth-order valence-electron chi connectivity index (χ4n) is 1.78. The van der Waals surface area contributed by atoms with Crippen LogP contribution < -0.4 is 5.32 Å². The van der Waals surface area contributed by atoms with E-state index in [0.29, 0.717) is 16.6 Å². The summed E-state index contributed by atoms with van der Waals surface area (Å²) in [6.07, 6.45) is 1.53. The third kappa shape index (κ3) is 3.55. The van der Waals surface area contributed by atoms with Gasteiger partial charge >= 0.3 is 0 Å². The normalized spacial score (nSPS) is 12.4. The van der Waals surface area contributed by atoms with E-state index in [2.05, 4.69) is 24.1 Å². The second-order valence-corrected chi connectivity index (χ2v) is 5.99. The van der Waals surface area contributed by atoms with Gasteiger partial charge in [-0.2, -0.15) is 0 Å². The maximum atomic E-state index is 12.2. The standard InChI is InChI=1S/C14H15ClN2OS/c1-9(2)13(12-4-3-7-19-12)17-14(18)11-8-10(15)5-6-16-11/h3-9,13H,1-2H3,(H,17,18). The van der Waals surface area contributed by atoms with E-state index in [1.807, 2.05) is 17.5 Å². The largest absolute Gasteiger partial charge is 0.343 e. The van der Waals surface area contributed by atoms with E-state index in [9.17, 15) is 4.79 Å². The zero-order valence-electron chi connectivity index (χ0n) is 10.8. The van der Waals surface area contributed by atoms with Gasteiger partial charge in [-0.1, -0.05) is 31.5 Å². The van der Waals surface area contributed by atoms with E-state index in [-0.39, 0.29) is 11.9 Å². The first-order chi connectivity index (χ1) is 9.08. The molecule has 2 heterocycles. The highest BCUT2D eigenvalue weighted by atomic mass is 35.5. The molecular weight excluding hydrogens is 280 g/mol. The summed E-state index contributed by atoms with van der Waals surface area (Å²) in [5.41, 5.74) is 0.342. The highest BCUT2D eigenvalue weighted by Crippen LogP contribution is 2.26. The monoisotopic (exact) mass is 294 g/mol. The van der Waals surface area contributed by atoms with Crippen molar-refractivity contribution >= 4 is 28.8 Å². The van der Waals surface area contributed by atoms with Crippen molar-refractivity contribution in [1.29, 1.82) is 0 Å². The Morgan fingerprint density at radius 3 is 2.79 bits per heavy atom. The van der Waals surface area contributed by atoms with Crippen molar-refractivity contribution in [3.05, 3.63) is 51.4 Å². The van der Waals surface area contributed by atoms with Crippen LogP contribution in [0.2, 0.25) is 5.02 Å². The summed E-state index contributed by atoms with van der Waals surface area (Å²) in [6.45, 7) is 4.16. The first kappa shape index (κ1) is 14.0. The van der Waals surface area contributed by atoms with Gasteiger partial charge in [0.15, 0.2) is 0 Å². The van der Waals surface area contributed by atoms with Gasteiger partial charge in [-0.15, -0.1) is 11.3 Å². The van der Waals surface area contributed by atoms with Crippen molar-refractivity contribution in [1.82, 2.24) is 10.3 Å². The molecule has 100 valence electrons. The van der Waals surface area contributed by atoms with Crippen LogP contribution in [0.4, 0.5) is 0 Å². The number of carbonyl (C=O) groups is 1. The summed E-state index contributed by atoms with van der Waals surface area (Å²) < 4.78 is 0. The van der Waals surface area contributed by atoms with Crippen molar-refractivity contribution in [3.8, 4) is 0 Å². The minimum atomic E-state index is -0.199. The Morgan fingerprint density at radius 2 is 2.21 bits per heavy atom. The predicted octanol–water partition coefficient (Wildman–Crippen LogP) is 3.92. The molecule has 0 bridgehead atoms. The van der Waals surface area contributed by atoms with E-state index >= 15 is 0 Å². The lowest BCUT2D eigenvalue weighted by Crippen LogP contribution is -2.31. The minimum absolute atomic E-state index is 0.00622. The van der Waals surface area contributed by atoms with Crippen molar-refractivity contribution in [2.24, 2.45) is 5.92 Å². The van der Waals surface area contributed by atoms with Gasteiger partial charge < -0.3 is 5.32 Å². The fourth-order valence-corrected chi connectivity index (χ4v) is 2.89. The van der Waals surface area contributed by atoms with Gasteiger partial charge in [0.05, 0.1) is 6.04 Å². The van der Waals surface area contributed by atoms with Crippen LogP contribution >= 0.6 is 22.9 Å². The van der Waals surface area contributed by atoms with Crippen LogP contribution in [0.3, 0.4) is 0 Å². The highest BCUT2D eigenvalue weighted by Gasteiger charge is 2.20. The van der Waals surface area contributed by atoms with E-state index in [1.54, 1.807) is 23.5 Å². The van der Waals surface area contributed by atoms with Gasteiger partial charge in [0.1, 0.15) is 5.69 Å². The van der Waals surface area contributed by atoms with Crippen LogP contribution in [-0.4, -0.2) is 10.9 Å². The van der Waals surface area contributed by atoms with E-state index < -0.39 is 0 Å². The van der Waals surface area contributed by atoms with Gasteiger partial charge in [0.25, 0.3) is 5.91 Å². The Bertz CT molecular complexity index is 554. The SMILES string of the molecule is CC(C)C(NC(=O)c1cc(Cl)ccn1)c1cccs1. The molecule has 0 aliphatic heterocycles. The van der Waals surface area contributed by atoms with Crippen LogP contribution in [0, 0.1) is 5.92 Å². The van der Waals surface area contributed by atoms with Gasteiger partial charge in [-0.3, -0.25) is 9.78 Å². The lowest BCUT2D eigenvalue weighted by Gasteiger charge is -2.21. The van der Waals surface area contributed by atoms with Gasteiger partial charge in [-0.25, -0.2) is 0 Å². The van der Waals surface area contributed by atoms with Gasteiger partial charge in [-0.05, 0) is 29.5 Å². The molecule has 0 saturated carbocycles. The molecule has 2 aromatic heterocycles. The van der Waals surface area contributed by atoms with E-state index in [4.69, 9.17) is 11.6 Å². The van der Waals surface area contributed by atoms with Crippen LogP contribution in [0.25, 0.3) is 0 Å². The van der Waals surface area contributed by atoms with Gasteiger partial charge in [0.2, 0.25) is 0 Å². The second-order valence-electron chi connectivity index (χ2n) is 4.57. The maximum absolute atomic E-state index is 12.2. The molecule has 0 spiro atoms. The molecule has 19 heavy (non-hydrogen) atoms. The average molecular weight is 295 g/mol. The molecule has 0 saturated heterocycles. The summed E-state index contributed by atoms with van der Waals surface area (Å²) in [6, 6.07) is 7.23. The van der Waals surface area contributed by atoms with E-state index in [0.717, 1.165) is 4.88 Å². The molecule has 1 unspecified atom stereocenters. The van der Waals surface area contributed by atoms with Crippen LogP contribution in [-0.2, 0) is 0 Å². The smallest absolute Gasteiger partial charge is 0.270 e. The number of rotatable bonds is 4. The Balaban J connectivity index is 2.16. The first-order valence-electron chi connectivity index (χ1n) is 6.03. The fraction of sp³-hybridized carbons (Fsp3) is 0.286. The Labute approximate surface area is 121 Å². The third-order valence-corrected chi connectivity index (χ3v) is 3.95. The number of carbonyl (C=O) groups excluding carboxylic acids is 1. The molecule has 1 N–H and O–H groups in total.